The molecule has 0 aliphatic carbocycles. The Morgan fingerprint density at radius 2 is 1.06 bits per heavy atom. The Hall–Kier alpha value is -8.79. The average Bonchev–Trinajstić information content (AvgIpc) is 3.99. The first kappa shape index (κ1) is 53.5. The van der Waals surface area contributed by atoms with E-state index in [-0.39, 0.29) is 16.2 Å². The maximum Gasteiger partial charge on any atom is 0.210 e. The summed E-state index contributed by atoms with van der Waals surface area (Å²) in [6.07, 6.45) is 16.4. The van der Waals surface area contributed by atoms with E-state index in [2.05, 4.69) is 315 Å². The highest BCUT2D eigenvalue weighted by Gasteiger charge is 2.46. The van der Waals surface area contributed by atoms with Gasteiger partial charge in [0.05, 0.1) is 5.41 Å². The summed E-state index contributed by atoms with van der Waals surface area (Å²) in [7, 11) is 6.73. The summed E-state index contributed by atoms with van der Waals surface area (Å²) >= 11 is 0. The van der Waals surface area contributed by atoms with Crippen LogP contribution in [0.1, 0.15) is 91.6 Å². The molecule has 83 heavy (non-hydrogen) atoms. The van der Waals surface area contributed by atoms with Gasteiger partial charge in [-0.25, -0.2) is 0 Å². The predicted octanol–water partition coefficient (Wildman–Crippen LogP) is 19.2. The molecule has 0 amide bonds. The van der Waals surface area contributed by atoms with Gasteiger partial charge in [-0.15, -0.1) is 0 Å². The molecule has 2 atom stereocenters. The van der Waals surface area contributed by atoms with Crippen LogP contribution in [0, 0.1) is 6.92 Å². The van der Waals surface area contributed by atoms with E-state index < -0.39 is 5.41 Å². The molecule has 2 unspecified atom stereocenters. The highest BCUT2D eigenvalue weighted by molar-refractivity contribution is 6.08. The Morgan fingerprint density at radius 1 is 0.530 bits per heavy atom. The van der Waals surface area contributed by atoms with E-state index in [0.29, 0.717) is 0 Å². The van der Waals surface area contributed by atoms with Crippen molar-refractivity contribution in [1.82, 2.24) is 0 Å². The number of nitrogens with zero attached hydrogens (tertiary/aromatic N) is 3. The van der Waals surface area contributed by atoms with Crippen molar-refractivity contribution in [3.05, 3.63) is 304 Å². The molecule has 10 aromatic rings. The third-order valence-corrected chi connectivity index (χ3v) is 19.6. The summed E-state index contributed by atoms with van der Waals surface area (Å²) in [5.41, 5.74) is 19.7. The molecule has 10 aromatic carbocycles. The quantitative estimate of drug-likeness (QED) is 0.0891. The molecule has 3 heteroatoms. The lowest BCUT2D eigenvalue weighted by atomic mass is 9.68. The zero-order chi connectivity index (χ0) is 57.6. The van der Waals surface area contributed by atoms with Crippen LogP contribution in [0.4, 0.5) is 17.1 Å². The number of likely N-dealkylation sites (N-methyl/N-ethyl adjacent to an activating group) is 2. The molecule has 0 bridgehead atoms. The lowest BCUT2D eigenvalue weighted by Gasteiger charge is -2.35. The number of hydrogen-bond acceptors (Lipinski definition) is 2. The summed E-state index contributed by atoms with van der Waals surface area (Å²) in [5.74, 6) is 0. The third-order valence-electron chi connectivity index (χ3n) is 19.6. The number of aryl methyl sites for hydroxylation is 1. The van der Waals surface area contributed by atoms with Gasteiger partial charge >= 0.3 is 0 Å². The van der Waals surface area contributed by atoms with Crippen LogP contribution in [0.25, 0.3) is 43.1 Å². The molecule has 0 saturated carbocycles. The molecule has 3 aliphatic rings. The van der Waals surface area contributed by atoms with Gasteiger partial charge in [0.2, 0.25) is 5.69 Å². The predicted molar refractivity (Wildman–Crippen MR) is 356 cm³/mol. The molecule has 3 nitrogen and oxygen atoms in total. The van der Waals surface area contributed by atoms with Gasteiger partial charge in [0.15, 0.2) is 5.71 Å². The summed E-state index contributed by atoms with van der Waals surface area (Å²) in [4.78, 5) is 4.88. The molecule has 0 spiro atoms. The summed E-state index contributed by atoms with van der Waals surface area (Å²) in [5, 5.41) is 10.4. The lowest BCUT2D eigenvalue weighted by Crippen LogP contribution is -2.29. The van der Waals surface area contributed by atoms with E-state index in [0.717, 1.165) is 24.8 Å². The maximum atomic E-state index is 4.98. The highest BCUT2D eigenvalue weighted by atomic mass is 15.2. The molecule has 3 aliphatic heterocycles. The normalized spacial score (nSPS) is 18.9. The van der Waals surface area contributed by atoms with Gasteiger partial charge in [-0.3, -0.25) is 0 Å². The molecular weight excluding hydrogens is 1000 g/mol. The Kier molecular flexibility index (Phi) is 13.1. The monoisotopic (exact) mass is 1080 g/mol. The molecule has 0 radical (unpaired) electrons. The van der Waals surface area contributed by atoms with E-state index in [4.69, 9.17) is 6.58 Å². The molecule has 13 rings (SSSR count). The van der Waals surface area contributed by atoms with Crippen LogP contribution in [0.15, 0.2) is 254 Å². The largest absolute Gasteiger partial charge is 0.347 e. The zero-order valence-electron chi connectivity index (χ0n) is 50.1. The second-order valence-electron chi connectivity index (χ2n) is 25.4. The number of anilines is 2. The van der Waals surface area contributed by atoms with Crippen molar-refractivity contribution in [2.24, 2.45) is 0 Å². The van der Waals surface area contributed by atoms with Crippen molar-refractivity contribution in [2.75, 3.05) is 30.9 Å². The number of allylic oxidation sites excluding steroid dienone is 9. The van der Waals surface area contributed by atoms with Gasteiger partial charge < -0.3 is 9.80 Å². The molecule has 0 fully saturated rings. The highest BCUT2D eigenvalue weighted by Crippen LogP contribution is 2.54. The summed E-state index contributed by atoms with van der Waals surface area (Å²) in [6, 6.07) is 72.2. The van der Waals surface area contributed by atoms with Gasteiger partial charge in [-0.1, -0.05) is 215 Å². The van der Waals surface area contributed by atoms with Crippen LogP contribution in [-0.4, -0.2) is 31.4 Å². The third kappa shape index (κ3) is 8.65. The second-order valence-corrected chi connectivity index (χ2v) is 25.4. The van der Waals surface area contributed by atoms with E-state index in [1.807, 2.05) is 0 Å². The van der Waals surface area contributed by atoms with E-state index in [1.54, 1.807) is 0 Å². The molecular formula is C80H76N3+. The van der Waals surface area contributed by atoms with E-state index >= 15 is 0 Å². The lowest BCUT2D eigenvalue weighted by molar-refractivity contribution is -0.401. The van der Waals surface area contributed by atoms with Gasteiger partial charge in [0.25, 0.3) is 0 Å². The van der Waals surface area contributed by atoms with Crippen LogP contribution >= 0.6 is 0 Å². The van der Waals surface area contributed by atoms with Crippen LogP contribution < -0.4 is 9.80 Å². The first-order chi connectivity index (χ1) is 40.0. The molecule has 410 valence electrons. The van der Waals surface area contributed by atoms with Crippen molar-refractivity contribution in [3.63, 3.8) is 0 Å². The molecule has 0 N–H and O–H groups in total. The fraction of sp³-hybridized carbons (Fsp3) is 0.212. The van der Waals surface area contributed by atoms with Crippen LogP contribution in [0.3, 0.4) is 0 Å². The Labute approximate surface area is 492 Å². The fourth-order valence-electron chi connectivity index (χ4n) is 15.6. The average molecular weight is 1080 g/mol. The minimum atomic E-state index is -0.433. The molecule has 3 heterocycles. The van der Waals surface area contributed by atoms with Crippen molar-refractivity contribution < 1.29 is 4.58 Å². The number of rotatable bonds is 12. The van der Waals surface area contributed by atoms with Crippen LogP contribution in [-0.2, 0) is 40.9 Å². The van der Waals surface area contributed by atoms with Gasteiger partial charge in [-0.05, 0) is 170 Å². The van der Waals surface area contributed by atoms with Crippen molar-refractivity contribution >= 4 is 65.9 Å². The van der Waals surface area contributed by atoms with Crippen LogP contribution in [0.2, 0.25) is 0 Å². The van der Waals surface area contributed by atoms with E-state index in [1.165, 1.54) is 127 Å². The van der Waals surface area contributed by atoms with E-state index in [9.17, 15) is 0 Å². The summed E-state index contributed by atoms with van der Waals surface area (Å²) in [6.45, 7) is 21.7. The first-order valence-electron chi connectivity index (χ1n) is 29.8. The minimum absolute atomic E-state index is 0.179. The van der Waals surface area contributed by atoms with Gasteiger partial charge in [-0.2, -0.15) is 4.58 Å². The smallest absolute Gasteiger partial charge is 0.210 e. The maximum absolute atomic E-state index is 4.98. The van der Waals surface area contributed by atoms with Crippen molar-refractivity contribution in [3.8, 4) is 0 Å². The number of hydrogen-bond donors (Lipinski definition) is 0. The topological polar surface area (TPSA) is 9.49 Å². The van der Waals surface area contributed by atoms with Crippen LogP contribution in [0.5, 0.6) is 0 Å². The SMILES string of the molecule is C=C(/C=C/C=C1/N(C)c2ccc3ccccc3c2C1(C)C)C(C)(Cc1ccccc1)c1c(C)cc(Cc2cc3c(c4ccccc24)C(C)(Cc2ccccc2)C(=CC=CC2=[N+](C)c4ccc5ccccc5c4C2(C)C)N3C)c2ccccc12. The standard InChI is InChI=1S/C80H76N3/c1-53-48-59(61-35-22-24-39-65(61)73(53)79(7,51-55-29-14-12-15-30-55)54(2)28-26-41-70-77(3,4)74-63-37-20-18-33-57(63)44-46-67(74)81(70)9)49-60-50-69-76(66-40-25-23-36-62(60)66)80(8,52-56-31-16-13-17-32-56)72(83(69)11)43-27-42-71-78(5,6)75-64-38-21-19-34-58(64)45-47-68(75)82(71)10/h12-48,50H,2,49,51-52H2,1,3-11H3/q+1/b28-26+,70-41+. The second kappa shape index (κ2) is 20.3. The minimum Gasteiger partial charge on any atom is -0.347 e. The molecule has 0 saturated heterocycles. The van der Waals surface area contributed by atoms with Crippen molar-refractivity contribution in [2.45, 2.75) is 89.4 Å². The van der Waals surface area contributed by atoms with Gasteiger partial charge in [0.1, 0.15) is 7.05 Å². The molecule has 0 aromatic heterocycles. The Morgan fingerprint density at radius 3 is 1.73 bits per heavy atom. The fourth-order valence-corrected chi connectivity index (χ4v) is 15.6. The van der Waals surface area contributed by atoms with Crippen molar-refractivity contribution in [1.29, 1.82) is 0 Å². The Bertz CT molecular complexity index is 4450. The zero-order valence-corrected chi connectivity index (χ0v) is 50.1. The Balaban J connectivity index is 0.886. The number of fused-ring (bicyclic) bond motifs is 10. The van der Waals surface area contributed by atoms with Gasteiger partial charge in [0, 0.05) is 70.8 Å². The number of benzene rings is 10. The first-order valence-corrected chi connectivity index (χ1v) is 29.8. The summed E-state index contributed by atoms with van der Waals surface area (Å²) < 4.78 is 2.40.